The SMILES string of the molecule is CCCCCCCC1(CC[C@H]2[C@H](O[Si+](C)C)CC(=O)[C@@H]2C/C=C\CCCC(=O)O)OCCO1. The topological polar surface area (TPSA) is 82.1 Å². The highest BCUT2D eigenvalue weighted by Gasteiger charge is 2.47. The first-order valence-electron chi connectivity index (χ1n) is 13.0. The predicted molar refractivity (Wildman–Crippen MR) is 131 cm³/mol. The summed E-state index contributed by atoms with van der Waals surface area (Å²) in [7, 11) is -0.899. The summed E-state index contributed by atoms with van der Waals surface area (Å²) in [5, 5.41) is 8.77. The summed E-state index contributed by atoms with van der Waals surface area (Å²) in [5.74, 6) is -0.806. The molecule has 33 heavy (non-hydrogen) atoms. The van der Waals surface area contributed by atoms with Gasteiger partial charge in [-0.2, -0.15) is 0 Å². The fourth-order valence-corrected chi connectivity index (χ4v) is 6.01. The van der Waals surface area contributed by atoms with Crippen molar-refractivity contribution in [2.75, 3.05) is 13.2 Å². The average molecular weight is 482 g/mol. The fourth-order valence-electron chi connectivity index (χ4n) is 5.15. The zero-order valence-corrected chi connectivity index (χ0v) is 22.0. The summed E-state index contributed by atoms with van der Waals surface area (Å²) >= 11 is 0. The molecule has 1 heterocycles. The molecule has 1 saturated heterocycles. The van der Waals surface area contributed by atoms with Crippen LogP contribution in [0.4, 0.5) is 0 Å². The lowest BCUT2D eigenvalue weighted by atomic mass is 9.85. The minimum atomic E-state index is -0.899. The lowest BCUT2D eigenvalue weighted by Gasteiger charge is -2.30. The van der Waals surface area contributed by atoms with Gasteiger partial charge in [0, 0.05) is 31.6 Å². The Bertz CT molecular complexity index is 614. The average Bonchev–Trinajstić information content (AvgIpc) is 3.33. The number of unbranched alkanes of at least 4 members (excludes halogenated alkanes) is 5. The van der Waals surface area contributed by atoms with Gasteiger partial charge in [-0.1, -0.05) is 44.8 Å². The third-order valence-corrected chi connectivity index (χ3v) is 7.62. The number of carboxylic acid groups (broad SMARTS) is 1. The van der Waals surface area contributed by atoms with E-state index in [4.69, 9.17) is 19.0 Å². The summed E-state index contributed by atoms with van der Waals surface area (Å²) in [6.07, 6.45) is 15.6. The number of ether oxygens (including phenoxy) is 2. The van der Waals surface area contributed by atoms with Crippen molar-refractivity contribution < 1.29 is 28.6 Å². The minimum Gasteiger partial charge on any atom is -0.481 e. The number of hydrogen-bond donors (Lipinski definition) is 1. The first-order chi connectivity index (χ1) is 15.9. The van der Waals surface area contributed by atoms with E-state index < -0.39 is 20.8 Å². The van der Waals surface area contributed by atoms with Gasteiger partial charge in [0.25, 0.3) is 0 Å². The van der Waals surface area contributed by atoms with Gasteiger partial charge in [-0.3, -0.25) is 9.59 Å². The molecule has 0 bridgehead atoms. The van der Waals surface area contributed by atoms with Crippen molar-refractivity contribution in [2.24, 2.45) is 11.8 Å². The van der Waals surface area contributed by atoms with E-state index >= 15 is 0 Å². The molecule has 0 radical (unpaired) electrons. The molecule has 0 unspecified atom stereocenters. The Kier molecular flexibility index (Phi) is 12.9. The quantitative estimate of drug-likeness (QED) is 0.158. The second kappa shape index (κ2) is 15.1. The predicted octanol–water partition coefficient (Wildman–Crippen LogP) is 5.91. The molecule has 1 aliphatic heterocycles. The van der Waals surface area contributed by atoms with Crippen LogP contribution in [0.5, 0.6) is 0 Å². The minimum absolute atomic E-state index is 0.00481. The van der Waals surface area contributed by atoms with Crippen molar-refractivity contribution in [3.63, 3.8) is 0 Å². The molecule has 188 valence electrons. The summed E-state index contributed by atoms with van der Waals surface area (Å²) in [5.41, 5.74) is 0. The van der Waals surface area contributed by atoms with Crippen LogP contribution in [0.2, 0.25) is 13.1 Å². The van der Waals surface area contributed by atoms with Crippen LogP contribution in [0.25, 0.3) is 0 Å². The number of aliphatic carboxylic acids is 1. The van der Waals surface area contributed by atoms with E-state index in [1.165, 1.54) is 25.7 Å². The molecule has 3 atom stereocenters. The van der Waals surface area contributed by atoms with Crippen molar-refractivity contribution >= 4 is 20.8 Å². The van der Waals surface area contributed by atoms with E-state index in [0.29, 0.717) is 38.3 Å². The first-order valence-corrected chi connectivity index (χ1v) is 15.4. The van der Waals surface area contributed by atoms with Gasteiger partial charge in [-0.05, 0) is 38.0 Å². The van der Waals surface area contributed by atoms with E-state index in [9.17, 15) is 9.59 Å². The fraction of sp³-hybridized carbons (Fsp3) is 0.846. The Morgan fingerprint density at radius 2 is 1.85 bits per heavy atom. The van der Waals surface area contributed by atoms with E-state index in [0.717, 1.165) is 32.1 Å². The maximum Gasteiger partial charge on any atom is 0.467 e. The Morgan fingerprint density at radius 1 is 1.12 bits per heavy atom. The zero-order chi connectivity index (χ0) is 24.1. The summed E-state index contributed by atoms with van der Waals surface area (Å²) < 4.78 is 18.5. The van der Waals surface area contributed by atoms with Crippen molar-refractivity contribution in [1.29, 1.82) is 0 Å². The van der Waals surface area contributed by atoms with E-state index in [1.807, 2.05) is 6.08 Å². The van der Waals surface area contributed by atoms with Gasteiger partial charge in [-0.15, -0.1) is 0 Å². The molecule has 0 aromatic carbocycles. The third-order valence-electron chi connectivity index (χ3n) is 6.85. The Labute approximate surface area is 202 Å². The smallest absolute Gasteiger partial charge is 0.467 e. The Balaban J connectivity index is 1.95. The lowest BCUT2D eigenvalue weighted by Crippen LogP contribution is -2.34. The van der Waals surface area contributed by atoms with Gasteiger partial charge in [0.1, 0.15) is 11.9 Å². The van der Waals surface area contributed by atoms with Crippen LogP contribution in [0.3, 0.4) is 0 Å². The molecule has 2 rings (SSSR count). The van der Waals surface area contributed by atoms with Crippen LogP contribution >= 0.6 is 0 Å². The normalized spacial score (nSPS) is 24.7. The Hall–Kier alpha value is -1.02. The van der Waals surface area contributed by atoms with Crippen molar-refractivity contribution in [1.82, 2.24) is 0 Å². The zero-order valence-electron chi connectivity index (χ0n) is 21.0. The van der Waals surface area contributed by atoms with Crippen molar-refractivity contribution in [3.05, 3.63) is 12.2 Å². The number of carbonyl (C=O) groups excluding carboxylic acids is 1. The highest BCUT2D eigenvalue weighted by Crippen LogP contribution is 2.41. The number of hydrogen-bond acceptors (Lipinski definition) is 5. The number of allylic oxidation sites excluding steroid dienone is 2. The van der Waals surface area contributed by atoms with Gasteiger partial charge in [0.15, 0.2) is 5.79 Å². The van der Waals surface area contributed by atoms with Crippen LogP contribution in [-0.4, -0.2) is 51.0 Å². The van der Waals surface area contributed by atoms with Crippen LogP contribution < -0.4 is 0 Å². The molecule has 1 aliphatic carbocycles. The van der Waals surface area contributed by atoms with E-state index in [2.05, 4.69) is 26.1 Å². The summed E-state index contributed by atoms with van der Waals surface area (Å²) in [6.45, 7) is 7.79. The maximum absolute atomic E-state index is 12.9. The molecule has 1 N–H and O–H groups in total. The van der Waals surface area contributed by atoms with Crippen LogP contribution in [0.1, 0.15) is 90.4 Å². The number of carbonyl (C=O) groups is 2. The Morgan fingerprint density at radius 3 is 2.52 bits per heavy atom. The van der Waals surface area contributed by atoms with Crippen LogP contribution in [-0.2, 0) is 23.5 Å². The van der Waals surface area contributed by atoms with Gasteiger partial charge >= 0.3 is 15.0 Å². The number of Topliss-reactive ketones (excluding diaryl/α,β-unsaturated/α-hetero) is 1. The van der Waals surface area contributed by atoms with Gasteiger partial charge in [0.2, 0.25) is 0 Å². The number of rotatable bonds is 17. The third kappa shape index (κ3) is 10.0. The molecule has 0 amide bonds. The summed E-state index contributed by atoms with van der Waals surface area (Å²) in [4.78, 5) is 23.6. The molecule has 7 heteroatoms. The standard InChI is InChI=1S/C26H44O6Si/c1-4-5-6-9-12-16-26(30-18-19-31-26)17-15-22-21(13-10-7-8-11-14-25(28)29)23(27)20-24(22)32-33(2)3/h7,10,21-22,24H,4-6,8-9,11-20H2,1-3H3/p+1/b10-7-/t21-,22-,24-/m1/s1. The summed E-state index contributed by atoms with van der Waals surface area (Å²) in [6, 6.07) is 0. The lowest BCUT2D eigenvalue weighted by molar-refractivity contribution is -0.171. The molecule has 2 aliphatic rings. The number of ketones is 1. The van der Waals surface area contributed by atoms with E-state index in [-0.39, 0.29) is 24.4 Å². The first kappa shape index (κ1) is 28.2. The molecule has 2 fully saturated rings. The van der Waals surface area contributed by atoms with Gasteiger partial charge in [-0.25, -0.2) is 4.43 Å². The van der Waals surface area contributed by atoms with E-state index in [1.54, 1.807) is 0 Å². The number of carboxylic acids is 1. The second-order valence-electron chi connectivity index (χ2n) is 9.81. The monoisotopic (exact) mass is 481 g/mol. The molecule has 0 aromatic rings. The highest BCUT2D eigenvalue weighted by molar-refractivity contribution is 6.48. The second-order valence-corrected chi connectivity index (χ2v) is 11.9. The van der Waals surface area contributed by atoms with Crippen LogP contribution in [0, 0.1) is 11.8 Å². The molecule has 0 spiro atoms. The van der Waals surface area contributed by atoms with Crippen molar-refractivity contribution in [3.8, 4) is 0 Å². The molecule has 0 aromatic heterocycles. The molecular weight excluding hydrogens is 436 g/mol. The van der Waals surface area contributed by atoms with Gasteiger partial charge < -0.3 is 14.6 Å². The highest BCUT2D eigenvalue weighted by atomic mass is 28.3. The van der Waals surface area contributed by atoms with Crippen LogP contribution in [0.15, 0.2) is 12.2 Å². The molecular formula is C26H45O6Si+. The maximum atomic E-state index is 12.9. The van der Waals surface area contributed by atoms with Crippen molar-refractivity contribution in [2.45, 2.75) is 115 Å². The molecule has 6 nitrogen and oxygen atoms in total. The largest absolute Gasteiger partial charge is 0.481 e. The molecule has 1 saturated carbocycles. The van der Waals surface area contributed by atoms with Gasteiger partial charge in [0.05, 0.1) is 26.3 Å².